The summed E-state index contributed by atoms with van der Waals surface area (Å²) in [5.41, 5.74) is 2.87. The van der Waals surface area contributed by atoms with E-state index < -0.39 is 0 Å². The average molecular weight is 355 g/mol. The van der Waals surface area contributed by atoms with Gasteiger partial charge in [0, 0.05) is 22.7 Å². The molecule has 1 aliphatic rings. The van der Waals surface area contributed by atoms with Crippen LogP contribution in [0.1, 0.15) is 46.2 Å². The molecule has 0 aliphatic carbocycles. The molecule has 3 rings (SSSR count). The number of methoxy groups -OCH3 is 1. The number of benzene rings is 1. The van der Waals surface area contributed by atoms with Crippen molar-refractivity contribution in [1.82, 2.24) is 15.5 Å². The summed E-state index contributed by atoms with van der Waals surface area (Å²) in [5, 5.41) is 22.2. The van der Waals surface area contributed by atoms with E-state index in [4.69, 9.17) is 4.74 Å². The highest BCUT2D eigenvalue weighted by Gasteiger charge is 2.37. The van der Waals surface area contributed by atoms with Crippen LogP contribution in [0.4, 0.5) is 0 Å². The van der Waals surface area contributed by atoms with E-state index in [0.29, 0.717) is 11.7 Å². The molecular weight excluding hydrogens is 326 g/mol. The van der Waals surface area contributed by atoms with Crippen LogP contribution in [0.25, 0.3) is 11.3 Å². The zero-order valence-electron chi connectivity index (χ0n) is 16.3. The minimum atomic E-state index is 0.138. The zero-order valence-corrected chi connectivity index (χ0v) is 16.3. The van der Waals surface area contributed by atoms with Crippen molar-refractivity contribution in [2.45, 2.75) is 58.0 Å². The predicted molar refractivity (Wildman–Crippen MR) is 103 cm³/mol. The van der Waals surface area contributed by atoms with E-state index >= 15 is 0 Å². The van der Waals surface area contributed by atoms with Gasteiger partial charge >= 0.3 is 0 Å². The van der Waals surface area contributed by atoms with Crippen molar-refractivity contribution in [3.63, 3.8) is 0 Å². The fourth-order valence-electron chi connectivity index (χ4n) is 4.48. The van der Waals surface area contributed by atoms with Gasteiger partial charge in [0.05, 0.1) is 18.5 Å². The standard InChI is InChI=1S/C21H29N3O2/c1-20(2)12-14(13-21(3,4)24-20)10-15-6-9-18(23-22-15)17-8-7-16(25)11-19(17)26-5/h6-9,11,14,24-25H,10,12-13H2,1-5H3. The van der Waals surface area contributed by atoms with Gasteiger partial charge in [0.15, 0.2) is 0 Å². The van der Waals surface area contributed by atoms with E-state index in [1.54, 1.807) is 25.3 Å². The van der Waals surface area contributed by atoms with Crippen molar-refractivity contribution in [3.8, 4) is 22.8 Å². The minimum absolute atomic E-state index is 0.138. The van der Waals surface area contributed by atoms with Crippen molar-refractivity contribution >= 4 is 0 Å². The van der Waals surface area contributed by atoms with Gasteiger partial charge in [-0.2, -0.15) is 10.2 Å². The molecule has 0 spiro atoms. The third-order valence-electron chi connectivity index (χ3n) is 4.95. The van der Waals surface area contributed by atoms with Gasteiger partial charge in [0.2, 0.25) is 0 Å². The van der Waals surface area contributed by atoms with Crippen LogP contribution in [0.5, 0.6) is 11.5 Å². The molecule has 1 saturated heterocycles. The Labute approximate surface area is 155 Å². The predicted octanol–water partition coefficient (Wildman–Crippen LogP) is 3.96. The number of phenolic OH excluding ortho intramolecular Hbond substituents is 1. The number of rotatable bonds is 4. The lowest BCUT2D eigenvalue weighted by Gasteiger charge is -2.46. The number of nitrogens with one attached hydrogen (secondary N) is 1. The highest BCUT2D eigenvalue weighted by molar-refractivity contribution is 5.68. The van der Waals surface area contributed by atoms with Crippen LogP contribution in [0.15, 0.2) is 30.3 Å². The van der Waals surface area contributed by atoms with Crippen LogP contribution < -0.4 is 10.1 Å². The van der Waals surface area contributed by atoms with Crippen molar-refractivity contribution in [3.05, 3.63) is 36.0 Å². The monoisotopic (exact) mass is 355 g/mol. The third-order valence-corrected chi connectivity index (χ3v) is 4.95. The number of hydrogen-bond acceptors (Lipinski definition) is 5. The van der Waals surface area contributed by atoms with Gasteiger partial charge in [-0.25, -0.2) is 0 Å². The lowest BCUT2D eigenvalue weighted by molar-refractivity contribution is 0.128. The summed E-state index contributed by atoms with van der Waals surface area (Å²) in [6.45, 7) is 9.08. The summed E-state index contributed by atoms with van der Waals surface area (Å²) in [4.78, 5) is 0. The zero-order chi connectivity index (χ0) is 18.9. The number of phenols is 1. The van der Waals surface area contributed by atoms with Crippen molar-refractivity contribution in [2.75, 3.05) is 7.11 Å². The van der Waals surface area contributed by atoms with Gasteiger partial charge in [-0.05, 0) is 77.1 Å². The second kappa shape index (κ2) is 6.88. The number of ether oxygens (including phenoxy) is 1. The molecular formula is C21H29N3O2. The van der Waals surface area contributed by atoms with Gasteiger partial charge in [-0.3, -0.25) is 0 Å². The maximum atomic E-state index is 9.61. The Morgan fingerprint density at radius 2 is 1.77 bits per heavy atom. The van der Waals surface area contributed by atoms with Crippen molar-refractivity contribution < 1.29 is 9.84 Å². The van der Waals surface area contributed by atoms with E-state index in [9.17, 15) is 5.11 Å². The second-order valence-electron chi connectivity index (χ2n) is 8.67. The van der Waals surface area contributed by atoms with E-state index in [-0.39, 0.29) is 16.8 Å². The first-order chi connectivity index (χ1) is 12.2. The molecule has 0 bridgehead atoms. The molecule has 1 aliphatic heterocycles. The molecule has 2 N–H and O–H groups in total. The van der Waals surface area contributed by atoms with Crippen molar-refractivity contribution in [2.24, 2.45) is 5.92 Å². The Hall–Kier alpha value is -2.14. The highest BCUT2D eigenvalue weighted by atomic mass is 16.5. The first-order valence-corrected chi connectivity index (χ1v) is 9.17. The maximum Gasteiger partial charge on any atom is 0.132 e. The molecule has 0 saturated carbocycles. The molecule has 0 unspecified atom stereocenters. The van der Waals surface area contributed by atoms with Gasteiger partial charge < -0.3 is 15.2 Å². The number of hydrogen-bond donors (Lipinski definition) is 2. The lowest BCUT2D eigenvalue weighted by atomic mass is 9.74. The van der Waals surface area contributed by atoms with Crippen LogP contribution in [0, 0.1) is 5.92 Å². The summed E-state index contributed by atoms with van der Waals surface area (Å²) >= 11 is 0. The molecule has 1 aromatic carbocycles. The summed E-state index contributed by atoms with van der Waals surface area (Å²) in [7, 11) is 1.58. The molecule has 0 atom stereocenters. The summed E-state index contributed by atoms with van der Waals surface area (Å²) in [6.07, 6.45) is 3.20. The Kier molecular flexibility index (Phi) is 4.93. The smallest absolute Gasteiger partial charge is 0.132 e. The first kappa shape index (κ1) is 18.6. The first-order valence-electron chi connectivity index (χ1n) is 9.17. The fourth-order valence-corrected chi connectivity index (χ4v) is 4.48. The van der Waals surface area contributed by atoms with Crippen LogP contribution in [0.2, 0.25) is 0 Å². The third kappa shape index (κ3) is 4.33. The minimum Gasteiger partial charge on any atom is -0.508 e. The highest BCUT2D eigenvalue weighted by Crippen LogP contribution is 2.35. The molecule has 1 aromatic heterocycles. The SMILES string of the molecule is COc1cc(O)ccc1-c1ccc(CC2CC(C)(C)NC(C)(C)C2)nn1. The number of aromatic nitrogens is 2. The Bertz CT molecular complexity index is 753. The summed E-state index contributed by atoms with van der Waals surface area (Å²) in [6, 6.07) is 9.05. The summed E-state index contributed by atoms with van der Waals surface area (Å²) in [5.74, 6) is 1.35. The Morgan fingerprint density at radius 1 is 1.08 bits per heavy atom. The molecule has 5 heteroatoms. The van der Waals surface area contributed by atoms with Crippen LogP contribution in [-0.4, -0.2) is 33.5 Å². The topological polar surface area (TPSA) is 67.3 Å². The van der Waals surface area contributed by atoms with Gasteiger partial charge in [-0.1, -0.05) is 0 Å². The van der Waals surface area contributed by atoms with E-state index in [2.05, 4.69) is 49.3 Å². The van der Waals surface area contributed by atoms with Crippen LogP contribution >= 0.6 is 0 Å². The summed E-state index contributed by atoms with van der Waals surface area (Å²) < 4.78 is 5.34. The van der Waals surface area contributed by atoms with Crippen LogP contribution in [0.3, 0.4) is 0 Å². The normalized spacial score (nSPS) is 19.3. The van der Waals surface area contributed by atoms with Gasteiger partial charge in [-0.15, -0.1) is 0 Å². The lowest BCUT2D eigenvalue weighted by Crippen LogP contribution is -2.58. The maximum absolute atomic E-state index is 9.61. The quantitative estimate of drug-likeness (QED) is 0.869. The molecule has 2 heterocycles. The largest absolute Gasteiger partial charge is 0.508 e. The molecule has 1 fully saturated rings. The average Bonchev–Trinajstić information content (AvgIpc) is 2.52. The molecule has 0 radical (unpaired) electrons. The van der Waals surface area contributed by atoms with E-state index in [1.165, 1.54) is 0 Å². The molecule has 2 aromatic rings. The van der Waals surface area contributed by atoms with Gasteiger partial charge in [0.25, 0.3) is 0 Å². The molecule has 5 nitrogen and oxygen atoms in total. The second-order valence-corrected chi connectivity index (χ2v) is 8.67. The van der Waals surface area contributed by atoms with E-state index in [1.807, 2.05) is 6.07 Å². The molecule has 140 valence electrons. The van der Waals surface area contributed by atoms with Gasteiger partial charge in [0.1, 0.15) is 11.5 Å². The van der Waals surface area contributed by atoms with Crippen LogP contribution in [-0.2, 0) is 6.42 Å². The fraction of sp³-hybridized carbons (Fsp3) is 0.524. The number of aromatic hydroxyl groups is 1. The Morgan fingerprint density at radius 3 is 2.35 bits per heavy atom. The number of nitrogens with zero attached hydrogens (tertiary/aromatic N) is 2. The number of piperidine rings is 1. The molecule has 0 amide bonds. The Balaban J connectivity index is 1.76. The molecule has 26 heavy (non-hydrogen) atoms. The van der Waals surface area contributed by atoms with E-state index in [0.717, 1.165) is 36.2 Å². The van der Waals surface area contributed by atoms with Crippen molar-refractivity contribution in [1.29, 1.82) is 0 Å².